The number of nitrogens with zero attached hydrogens (tertiary/aromatic N) is 1. The second-order valence-corrected chi connectivity index (χ2v) is 7.05. The number of hydrogen-bond donors (Lipinski definition) is 1. The Hall–Kier alpha value is -3.22. The molecule has 2 aromatic rings. The van der Waals surface area contributed by atoms with Gasteiger partial charge in [0, 0.05) is 30.8 Å². The van der Waals surface area contributed by atoms with Crippen LogP contribution >= 0.6 is 0 Å². The van der Waals surface area contributed by atoms with E-state index in [2.05, 4.69) is 10.1 Å². The first-order valence-electron chi connectivity index (χ1n) is 9.49. The van der Waals surface area contributed by atoms with Crippen LogP contribution in [0.15, 0.2) is 48.5 Å². The van der Waals surface area contributed by atoms with Crippen molar-refractivity contribution >= 4 is 17.8 Å². The van der Waals surface area contributed by atoms with Gasteiger partial charge in [0.25, 0.3) is 11.8 Å². The van der Waals surface area contributed by atoms with Crippen molar-refractivity contribution in [3.63, 3.8) is 0 Å². The van der Waals surface area contributed by atoms with Crippen LogP contribution in [0.2, 0.25) is 0 Å². The molecular formula is C22H23FN2O4. The van der Waals surface area contributed by atoms with Crippen LogP contribution in [-0.2, 0) is 4.74 Å². The van der Waals surface area contributed by atoms with Gasteiger partial charge in [0.1, 0.15) is 5.82 Å². The highest BCUT2D eigenvalue weighted by atomic mass is 19.1. The zero-order valence-corrected chi connectivity index (χ0v) is 16.2. The second kappa shape index (κ2) is 9.32. The molecule has 0 saturated carbocycles. The predicted molar refractivity (Wildman–Crippen MR) is 105 cm³/mol. The summed E-state index contributed by atoms with van der Waals surface area (Å²) in [6.45, 7) is 1.64. The fourth-order valence-electron chi connectivity index (χ4n) is 3.41. The van der Waals surface area contributed by atoms with Gasteiger partial charge in [-0.3, -0.25) is 9.59 Å². The first-order valence-corrected chi connectivity index (χ1v) is 9.49. The number of rotatable bonds is 5. The highest BCUT2D eigenvalue weighted by molar-refractivity contribution is 5.96. The summed E-state index contributed by atoms with van der Waals surface area (Å²) in [5.74, 6) is -1.05. The van der Waals surface area contributed by atoms with Crippen LogP contribution in [0.1, 0.15) is 43.9 Å². The summed E-state index contributed by atoms with van der Waals surface area (Å²) in [7, 11) is 1.31. The molecule has 2 aromatic carbocycles. The fraction of sp³-hybridized carbons (Fsp3) is 0.318. The monoisotopic (exact) mass is 398 g/mol. The molecule has 1 heterocycles. The number of benzene rings is 2. The molecule has 1 atom stereocenters. The van der Waals surface area contributed by atoms with E-state index in [1.807, 2.05) is 0 Å². The maximum atomic E-state index is 13.0. The van der Waals surface area contributed by atoms with Crippen LogP contribution in [0.5, 0.6) is 0 Å². The van der Waals surface area contributed by atoms with Gasteiger partial charge in [-0.05, 0) is 67.3 Å². The Kier molecular flexibility index (Phi) is 6.59. The Balaban J connectivity index is 1.55. The number of esters is 1. The Morgan fingerprint density at radius 3 is 2.31 bits per heavy atom. The first kappa shape index (κ1) is 20.5. The molecule has 1 aliphatic rings. The molecule has 3 rings (SSSR count). The van der Waals surface area contributed by atoms with Crippen molar-refractivity contribution in [1.82, 2.24) is 10.2 Å². The van der Waals surface area contributed by atoms with Crippen LogP contribution in [0.3, 0.4) is 0 Å². The number of ether oxygens (including phenoxy) is 1. The van der Waals surface area contributed by atoms with E-state index in [-0.39, 0.29) is 23.5 Å². The van der Waals surface area contributed by atoms with E-state index < -0.39 is 5.97 Å². The molecule has 7 heteroatoms. The minimum Gasteiger partial charge on any atom is -0.465 e. The second-order valence-electron chi connectivity index (χ2n) is 7.05. The zero-order valence-electron chi connectivity index (χ0n) is 16.2. The lowest BCUT2D eigenvalue weighted by molar-refractivity contribution is 0.0598. The van der Waals surface area contributed by atoms with E-state index in [4.69, 9.17) is 0 Å². The number of carbonyl (C=O) groups excluding carboxylic acids is 3. The quantitative estimate of drug-likeness (QED) is 0.786. The van der Waals surface area contributed by atoms with Crippen LogP contribution in [0.4, 0.5) is 4.39 Å². The lowest BCUT2D eigenvalue weighted by Gasteiger charge is -2.33. The summed E-state index contributed by atoms with van der Waals surface area (Å²) in [5.41, 5.74) is 1.30. The van der Waals surface area contributed by atoms with E-state index in [1.165, 1.54) is 31.4 Å². The molecule has 1 N–H and O–H groups in total. The van der Waals surface area contributed by atoms with Crippen LogP contribution in [0, 0.1) is 11.7 Å². The Morgan fingerprint density at radius 1 is 1.03 bits per heavy atom. The van der Waals surface area contributed by atoms with Crippen molar-refractivity contribution in [1.29, 1.82) is 0 Å². The Morgan fingerprint density at radius 2 is 1.66 bits per heavy atom. The molecule has 0 aromatic heterocycles. The number of amides is 2. The summed E-state index contributed by atoms with van der Waals surface area (Å²) in [6.07, 6.45) is 1.76. The normalized spacial score (nSPS) is 16.2. The van der Waals surface area contributed by atoms with Gasteiger partial charge in [-0.25, -0.2) is 9.18 Å². The van der Waals surface area contributed by atoms with Gasteiger partial charge in [-0.2, -0.15) is 0 Å². The lowest BCUT2D eigenvalue weighted by Crippen LogP contribution is -2.43. The summed E-state index contributed by atoms with van der Waals surface area (Å²) in [6, 6.07) is 11.8. The van der Waals surface area contributed by atoms with Gasteiger partial charge in [0.2, 0.25) is 0 Å². The predicted octanol–water partition coefficient (Wildman–Crippen LogP) is 2.89. The van der Waals surface area contributed by atoms with E-state index in [0.29, 0.717) is 36.3 Å². The van der Waals surface area contributed by atoms with Gasteiger partial charge >= 0.3 is 5.97 Å². The molecule has 152 valence electrons. The van der Waals surface area contributed by atoms with Crippen molar-refractivity contribution in [2.24, 2.45) is 5.92 Å². The first-order chi connectivity index (χ1) is 14.0. The summed E-state index contributed by atoms with van der Waals surface area (Å²) in [5, 5.41) is 2.86. The average Bonchev–Trinajstić information content (AvgIpc) is 2.77. The lowest BCUT2D eigenvalue weighted by atomic mass is 9.97. The molecule has 1 fully saturated rings. The van der Waals surface area contributed by atoms with Crippen molar-refractivity contribution in [3.05, 3.63) is 71.0 Å². The third kappa shape index (κ3) is 5.19. The summed E-state index contributed by atoms with van der Waals surface area (Å²) < 4.78 is 17.6. The topological polar surface area (TPSA) is 75.7 Å². The maximum Gasteiger partial charge on any atom is 0.337 e. The number of piperidine rings is 1. The third-order valence-electron chi connectivity index (χ3n) is 5.02. The van der Waals surface area contributed by atoms with Crippen molar-refractivity contribution in [2.75, 3.05) is 26.7 Å². The van der Waals surface area contributed by atoms with Gasteiger partial charge < -0.3 is 15.0 Å². The van der Waals surface area contributed by atoms with E-state index in [0.717, 1.165) is 12.8 Å². The summed E-state index contributed by atoms with van der Waals surface area (Å²) in [4.78, 5) is 38.3. The number of nitrogens with one attached hydrogen (secondary N) is 1. The smallest absolute Gasteiger partial charge is 0.337 e. The number of carbonyl (C=O) groups is 3. The van der Waals surface area contributed by atoms with Crippen LogP contribution in [-0.4, -0.2) is 49.4 Å². The number of likely N-dealkylation sites (tertiary alicyclic amines) is 1. The number of methoxy groups -OCH3 is 1. The molecule has 6 nitrogen and oxygen atoms in total. The molecule has 1 aliphatic heterocycles. The molecule has 0 radical (unpaired) electrons. The summed E-state index contributed by atoms with van der Waals surface area (Å²) >= 11 is 0. The standard InChI is InChI=1S/C22H23FN2O4/c1-29-22(28)18-6-4-17(5-7-18)21(27)25-12-2-3-15(14-25)13-24-20(26)16-8-10-19(23)11-9-16/h4-11,15H,2-3,12-14H2,1H3,(H,24,26)/t15-/m1/s1. The van der Waals surface area contributed by atoms with E-state index in [1.54, 1.807) is 29.2 Å². The number of hydrogen-bond acceptors (Lipinski definition) is 4. The number of halogens is 1. The highest BCUT2D eigenvalue weighted by Gasteiger charge is 2.25. The molecule has 0 bridgehead atoms. The molecule has 2 amide bonds. The van der Waals surface area contributed by atoms with E-state index in [9.17, 15) is 18.8 Å². The minimum absolute atomic E-state index is 0.101. The van der Waals surface area contributed by atoms with Crippen LogP contribution in [0.25, 0.3) is 0 Å². The van der Waals surface area contributed by atoms with Crippen molar-refractivity contribution in [2.45, 2.75) is 12.8 Å². The van der Waals surface area contributed by atoms with Crippen molar-refractivity contribution in [3.8, 4) is 0 Å². The Bertz CT molecular complexity index is 881. The van der Waals surface area contributed by atoms with Crippen molar-refractivity contribution < 1.29 is 23.5 Å². The largest absolute Gasteiger partial charge is 0.465 e. The highest BCUT2D eigenvalue weighted by Crippen LogP contribution is 2.19. The Labute approximate surface area is 168 Å². The zero-order chi connectivity index (χ0) is 20.8. The molecule has 29 heavy (non-hydrogen) atoms. The SMILES string of the molecule is COC(=O)c1ccc(C(=O)N2CCC[C@H](CNC(=O)c3ccc(F)cc3)C2)cc1. The van der Waals surface area contributed by atoms with Gasteiger partial charge in [-0.1, -0.05) is 0 Å². The molecule has 1 saturated heterocycles. The average molecular weight is 398 g/mol. The maximum absolute atomic E-state index is 13.0. The third-order valence-corrected chi connectivity index (χ3v) is 5.02. The van der Waals surface area contributed by atoms with Gasteiger partial charge in [0.15, 0.2) is 0 Å². The molecule has 0 spiro atoms. The van der Waals surface area contributed by atoms with E-state index >= 15 is 0 Å². The van der Waals surface area contributed by atoms with Crippen LogP contribution < -0.4 is 5.32 Å². The molecule has 0 aliphatic carbocycles. The van der Waals surface area contributed by atoms with Gasteiger partial charge in [0.05, 0.1) is 12.7 Å². The van der Waals surface area contributed by atoms with Gasteiger partial charge in [-0.15, -0.1) is 0 Å². The fourth-order valence-corrected chi connectivity index (χ4v) is 3.41. The minimum atomic E-state index is -0.445. The molecular weight excluding hydrogens is 375 g/mol. The molecule has 0 unspecified atom stereocenters.